The van der Waals surface area contributed by atoms with Gasteiger partial charge in [-0.05, 0) is 31.5 Å². The Morgan fingerprint density at radius 2 is 1.71 bits per heavy atom. The number of amides is 2. The van der Waals surface area contributed by atoms with Crippen molar-refractivity contribution in [3.8, 4) is 5.75 Å². The zero-order valence-electron chi connectivity index (χ0n) is 18.4. The molecule has 4 rings (SSSR count). The highest BCUT2D eigenvalue weighted by Crippen LogP contribution is 2.31. The van der Waals surface area contributed by atoms with E-state index in [2.05, 4.69) is 11.0 Å². The van der Waals surface area contributed by atoms with Gasteiger partial charge in [-0.1, -0.05) is 42.5 Å². The third-order valence-corrected chi connectivity index (χ3v) is 6.35. The highest BCUT2D eigenvalue weighted by molar-refractivity contribution is 5.89. The topological polar surface area (TPSA) is 53.1 Å². The molecular formula is C25H31N3O3. The number of anilines is 1. The first-order valence-corrected chi connectivity index (χ1v) is 11.2. The maximum Gasteiger partial charge on any atom is 0.228 e. The van der Waals surface area contributed by atoms with Crippen molar-refractivity contribution in [2.75, 3.05) is 44.2 Å². The maximum atomic E-state index is 13.2. The molecule has 0 saturated carbocycles. The van der Waals surface area contributed by atoms with Crippen LogP contribution in [0.4, 0.5) is 5.69 Å². The summed E-state index contributed by atoms with van der Waals surface area (Å²) in [6, 6.07) is 18.0. The molecule has 2 amide bonds. The Balaban J connectivity index is 1.36. The van der Waals surface area contributed by atoms with Gasteiger partial charge in [0.05, 0.1) is 24.3 Å². The summed E-state index contributed by atoms with van der Waals surface area (Å²) in [7, 11) is 0. The van der Waals surface area contributed by atoms with E-state index in [1.165, 1.54) is 0 Å². The zero-order chi connectivity index (χ0) is 21.8. The minimum Gasteiger partial charge on any atom is -0.492 e. The van der Waals surface area contributed by atoms with Gasteiger partial charge >= 0.3 is 0 Å². The van der Waals surface area contributed by atoms with Crippen LogP contribution in [0, 0.1) is 5.92 Å². The number of hydrogen-bond donors (Lipinski definition) is 0. The molecule has 31 heavy (non-hydrogen) atoms. The number of piperazine rings is 1. The van der Waals surface area contributed by atoms with Crippen LogP contribution in [0.1, 0.15) is 31.9 Å². The highest BCUT2D eigenvalue weighted by Gasteiger charge is 2.39. The molecular weight excluding hydrogens is 390 g/mol. The smallest absolute Gasteiger partial charge is 0.228 e. The zero-order valence-corrected chi connectivity index (χ0v) is 18.4. The van der Waals surface area contributed by atoms with Gasteiger partial charge in [0, 0.05) is 39.1 Å². The van der Waals surface area contributed by atoms with Crippen molar-refractivity contribution in [1.82, 2.24) is 9.80 Å². The molecule has 0 radical (unpaired) electrons. The second kappa shape index (κ2) is 9.41. The van der Waals surface area contributed by atoms with Crippen LogP contribution >= 0.6 is 0 Å². The van der Waals surface area contributed by atoms with E-state index in [-0.39, 0.29) is 23.8 Å². The van der Waals surface area contributed by atoms with Gasteiger partial charge in [-0.25, -0.2) is 0 Å². The number of hydrogen-bond acceptors (Lipinski definition) is 4. The molecule has 2 aromatic carbocycles. The second-order valence-electron chi connectivity index (χ2n) is 8.25. The number of ether oxygens (including phenoxy) is 1. The maximum absolute atomic E-state index is 13.2. The first kappa shape index (κ1) is 21.2. The van der Waals surface area contributed by atoms with Crippen molar-refractivity contribution < 1.29 is 14.3 Å². The normalized spacial score (nSPS) is 20.1. The molecule has 2 atom stereocenters. The van der Waals surface area contributed by atoms with E-state index in [1.54, 1.807) is 0 Å². The van der Waals surface area contributed by atoms with Crippen LogP contribution in [-0.2, 0) is 9.59 Å². The Labute approximate surface area is 184 Å². The van der Waals surface area contributed by atoms with Gasteiger partial charge in [0.1, 0.15) is 5.75 Å². The van der Waals surface area contributed by atoms with Crippen molar-refractivity contribution >= 4 is 17.5 Å². The predicted octanol–water partition coefficient (Wildman–Crippen LogP) is 3.34. The van der Waals surface area contributed by atoms with Crippen LogP contribution < -0.4 is 9.64 Å². The second-order valence-corrected chi connectivity index (χ2v) is 8.25. The van der Waals surface area contributed by atoms with E-state index in [9.17, 15) is 9.59 Å². The number of benzene rings is 2. The highest BCUT2D eigenvalue weighted by atomic mass is 16.5. The summed E-state index contributed by atoms with van der Waals surface area (Å²) in [4.78, 5) is 31.9. The fourth-order valence-corrected chi connectivity index (χ4v) is 4.60. The molecule has 0 spiro atoms. The van der Waals surface area contributed by atoms with Gasteiger partial charge in [-0.3, -0.25) is 9.59 Å². The number of carbonyl (C=O) groups excluding carboxylic acids is 2. The lowest BCUT2D eigenvalue weighted by molar-refractivity contribution is -0.136. The third kappa shape index (κ3) is 4.53. The first-order chi connectivity index (χ1) is 15.1. The van der Waals surface area contributed by atoms with Crippen LogP contribution in [-0.4, -0.2) is 60.9 Å². The number of nitrogens with zero attached hydrogens (tertiary/aromatic N) is 3. The van der Waals surface area contributed by atoms with Gasteiger partial charge in [0.25, 0.3) is 0 Å². The quantitative estimate of drug-likeness (QED) is 0.718. The number of carbonyl (C=O) groups is 2. The van der Waals surface area contributed by atoms with Crippen LogP contribution in [0.5, 0.6) is 5.75 Å². The lowest BCUT2D eigenvalue weighted by Gasteiger charge is -2.37. The standard InChI is InChI=1S/C25H31N3O3/c1-3-31-23-12-8-7-11-22(23)26-13-15-27(16-14-26)25(30)21-17-24(29)28(18-21)19(2)20-9-5-4-6-10-20/h4-12,19,21H,3,13-18H2,1-2H3/t19-,21+/m1/s1. The molecule has 0 bridgehead atoms. The molecule has 2 aliphatic heterocycles. The predicted molar refractivity (Wildman–Crippen MR) is 121 cm³/mol. The Morgan fingerprint density at radius 1 is 1.03 bits per heavy atom. The fraction of sp³-hybridized carbons (Fsp3) is 0.440. The molecule has 2 heterocycles. The molecule has 0 N–H and O–H groups in total. The van der Waals surface area contributed by atoms with E-state index in [4.69, 9.17) is 4.74 Å². The van der Waals surface area contributed by atoms with Crippen molar-refractivity contribution in [3.63, 3.8) is 0 Å². The van der Waals surface area contributed by atoms with Gasteiger partial charge in [-0.15, -0.1) is 0 Å². The molecule has 6 heteroatoms. The summed E-state index contributed by atoms with van der Waals surface area (Å²) in [6.45, 7) is 8.01. The molecule has 2 fully saturated rings. The monoisotopic (exact) mass is 421 g/mol. The molecule has 0 aliphatic carbocycles. The molecule has 2 aliphatic rings. The minimum atomic E-state index is -0.249. The van der Waals surface area contributed by atoms with E-state index in [0.717, 1.165) is 30.1 Å². The molecule has 0 aromatic heterocycles. The molecule has 2 saturated heterocycles. The average Bonchev–Trinajstić information content (AvgIpc) is 3.21. The Hall–Kier alpha value is -3.02. The summed E-state index contributed by atoms with van der Waals surface area (Å²) < 4.78 is 5.76. The van der Waals surface area contributed by atoms with Gasteiger partial charge in [0.15, 0.2) is 0 Å². The van der Waals surface area contributed by atoms with E-state index >= 15 is 0 Å². The van der Waals surface area contributed by atoms with Crippen LogP contribution in [0.25, 0.3) is 0 Å². The van der Waals surface area contributed by atoms with Crippen LogP contribution in [0.3, 0.4) is 0 Å². The molecule has 2 aromatic rings. The molecule has 164 valence electrons. The van der Waals surface area contributed by atoms with Crippen molar-refractivity contribution in [2.45, 2.75) is 26.3 Å². The molecule has 0 unspecified atom stereocenters. The SMILES string of the molecule is CCOc1ccccc1N1CCN(C(=O)[C@H]2CC(=O)N([C@H](C)c3ccccc3)C2)CC1. The molecule has 6 nitrogen and oxygen atoms in total. The summed E-state index contributed by atoms with van der Waals surface area (Å²) in [5, 5.41) is 0. The number of rotatable bonds is 6. The van der Waals surface area contributed by atoms with Gasteiger partial charge < -0.3 is 19.4 Å². The van der Waals surface area contributed by atoms with Gasteiger partial charge in [0.2, 0.25) is 11.8 Å². The van der Waals surface area contributed by atoms with E-state index in [1.807, 2.05) is 72.2 Å². The van der Waals surface area contributed by atoms with E-state index < -0.39 is 0 Å². The number of para-hydroxylation sites is 2. The van der Waals surface area contributed by atoms with Crippen molar-refractivity contribution in [1.29, 1.82) is 0 Å². The van der Waals surface area contributed by atoms with Gasteiger partial charge in [-0.2, -0.15) is 0 Å². The van der Waals surface area contributed by atoms with Crippen LogP contribution in [0.15, 0.2) is 54.6 Å². The minimum absolute atomic E-state index is 0.0154. The average molecular weight is 422 g/mol. The largest absolute Gasteiger partial charge is 0.492 e. The summed E-state index contributed by atoms with van der Waals surface area (Å²) in [5.41, 5.74) is 2.18. The summed E-state index contributed by atoms with van der Waals surface area (Å²) in [5.74, 6) is 0.811. The lowest BCUT2D eigenvalue weighted by atomic mass is 10.1. The summed E-state index contributed by atoms with van der Waals surface area (Å²) in [6.07, 6.45) is 0.309. The van der Waals surface area contributed by atoms with Crippen LogP contribution in [0.2, 0.25) is 0 Å². The van der Waals surface area contributed by atoms with Crippen molar-refractivity contribution in [2.24, 2.45) is 5.92 Å². The summed E-state index contributed by atoms with van der Waals surface area (Å²) >= 11 is 0. The number of likely N-dealkylation sites (tertiary alicyclic amines) is 1. The Bertz CT molecular complexity index is 909. The fourth-order valence-electron chi connectivity index (χ4n) is 4.60. The van der Waals surface area contributed by atoms with E-state index in [0.29, 0.717) is 32.7 Å². The Kier molecular flexibility index (Phi) is 6.44. The third-order valence-electron chi connectivity index (χ3n) is 6.35. The van der Waals surface area contributed by atoms with Crippen molar-refractivity contribution in [3.05, 3.63) is 60.2 Å². The first-order valence-electron chi connectivity index (χ1n) is 11.2. The Morgan fingerprint density at radius 3 is 2.42 bits per heavy atom. The lowest BCUT2D eigenvalue weighted by Crippen LogP contribution is -2.50.